The van der Waals surface area contributed by atoms with Crippen LogP contribution in [0.5, 0.6) is 11.5 Å². The number of rotatable bonds is 6. The third-order valence-electron chi connectivity index (χ3n) is 3.79. The highest BCUT2D eigenvalue weighted by Crippen LogP contribution is 2.31. The summed E-state index contributed by atoms with van der Waals surface area (Å²) >= 11 is 5.89. The molecule has 0 radical (unpaired) electrons. The maximum Gasteiger partial charge on any atom is 0.299 e. The van der Waals surface area contributed by atoms with Crippen LogP contribution in [0, 0.1) is 0 Å². The van der Waals surface area contributed by atoms with Crippen LogP contribution in [-0.4, -0.2) is 32.0 Å². The fraction of sp³-hybridized carbons (Fsp3) is 0.222. The molecule has 2 aromatic rings. The van der Waals surface area contributed by atoms with Crippen LogP contribution < -0.4 is 14.4 Å². The molecule has 0 saturated carbocycles. The first-order chi connectivity index (χ1) is 11.6. The number of nitrogens with zero attached hydrogens (tertiary/aromatic N) is 1. The zero-order valence-corrected chi connectivity index (χ0v) is 13.9. The van der Waals surface area contributed by atoms with E-state index in [1.54, 1.807) is 19.2 Å². The third kappa shape index (κ3) is 3.21. The fourth-order valence-electron chi connectivity index (χ4n) is 2.58. The van der Waals surface area contributed by atoms with E-state index >= 15 is 0 Å². The Bertz CT molecular complexity index is 773. The van der Waals surface area contributed by atoms with Crippen LogP contribution in [0.4, 0.5) is 5.69 Å². The van der Waals surface area contributed by atoms with Gasteiger partial charge in [-0.25, -0.2) is 0 Å². The summed E-state index contributed by atoms with van der Waals surface area (Å²) in [6, 6.07) is 12.2. The van der Waals surface area contributed by atoms with E-state index in [4.69, 9.17) is 21.1 Å². The Morgan fingerprint density at radius 3 is 2.46 bits per heavy atom. The summed E-state index contributed by atoms with van der Waals surface area (Å²) in [4.78, 5) is 25.5. The number of ether oxygens (including phenoxy) is 2. The molecule has 5 nitrogen and oxygen atoms in total. The quantitative estimate of drug-likeness (QED) is 0.595. The molecule has 3 rings (SSSR count). The Labute approximate surface area is 144 Å². The van der Waals surface area contributed by atoms with Gasteiger partial charge in [0.15, 0.2) is 0 Å². The minimum Gasteiger partial charge on any atom is -0.497 e. The number of hydrogen-bond donors (Lipinski definition) is 0. The highest BCUT2D eigenvalue weighted by molar-refractivity contribution is 6.52. The zero-order valence-electron chi connectivity index (χ0n) is 13.1. The normalized spacial score (nSPS) is 13.2. The van der Waals surface area contributed by atoms with Gasteiger partial charge in [-0.2, -0.15) is 0 Å². The van der Waals surface area contributed by atoms with Crippen LogP contribution in [-0.2, 0) is 4.79 Å². The Morgan fingerprint density at radius 2 is 1.75 bits per heavy atom. The second-order valence-electron chi connectivity index (χ2n) is 5.32. The fourth-order valence-corrected chi connectivity index (χ4v) is 2.75. The van der Waals surface area contributed by atoms with Crippen molar-refractivity contribution in [3.8, 4) is 11.5 Å². The molecule has 1 aliphatic heterocycles. The minimum atomic E-state index is -0.517. The lowest BCUT2D eigenvalue weighted by Gasteiger charge is -2.16. The summed E-state index contributed by atoms with van der Waals surface area (Å²) in [7, 11) is 1.61. The van der Waals surface area contributed by atoms with Crippen molar-refractivity contribution >= 4 is 29.0 Å². The first-order valence-corrected chi connectivity index (χ1v) is 7.90. The molecule has 1 aliphatic rings. The maximum atomic E-state index is 12.1. The summed E-state index contributed by atoms with van der Waals surface area (Å²) < 4.78 is 10.7. The number of ketones is 1. The molecule has 0 saturated heterocycles. The highest BCUT2D eigenvalue weighted by atomic mass is 35.5. The number of amides is 1. The van der Waals surface area contributed by atoms with Gasteiger partial charge >= 0.3 is 0 Å². The summed E-state index contributed by atoms with van der Waals surface area (Å²) in [5, 5.41) is 0.444. The summed E-state index contributed by atoms with van der Waals surface area (Å²) in [6.45, 7) is 0.850. The van der Waals surface area contributed by atoms with E-state index in [2.05, 4.69) is 0 Å². The molecular weight excluding hydrogens is 330 g/mol. The van der Waals surface area contributed by atoms with Crippen molar-refractivity contribution in [2.45, 2.75) is 6.42 Å². The van der Waals surface area contributed by atoms with Crippen LogP contribution in [0.25, 0.3) is 0 Å². The van der Waals surface area contributed by atoms with Gasteiger partial charge in [0, 0.05) is 11.6 Å². The van der Waals surface area contributed by atoms with E-state index in [-0.39, 0.29) is 0 Å². The molecule has 0 aliphatic carbocycles. The Hall–Kier alpha value is -2.53. The molecule has 0 bridgehead atoms. The zero-order chi connectivity index (χ0) is 17.1. The number of halogens is 1. The number of carbonyl (C=O) groups is 2. The van der Waals surface area contributed by atoms with Crippen molar-refractivity contribution in [1.29, 1.82) is 0 Å². The molecule has 24 heavy (non-hydrogen) atoms. The van der Waals surface area contributed by atoms with Gasteiger partial charge in [0.25, 0.3) is 11.7 Å². The third-order valence-corrected chi connectivity index (χ3v) is 4.02. The van der Waals surface area contributed by atoms with Gasteiger partial charge in [0.1, 0.15) is 11.5 Å². The monoisotopic (exact) mass is 345 g/mol. The number of methoxy groups -OCH3 is 1. The van der Waals surface area contributed by atoms with Gasteiger partial charge in [-0.3, -0.25) is 9.59 Å². The van der Waals surface area contributed by atoms with E-state index in [9.17, 15) is 9.59 Å². The van der Waals surface area contributed by atoms with Crippen LogP contribution in [0.3, 0.4) is 0 Å². The summed E-state index contributed by atoms with van der Waals surface area (Å²) in [5.41, 5.74) is 0.974. The lowest BCUT2D eigenvalue weighted by Crippen LogP contribution is -2.31. The number of fused-ring (bicyclic) bond motifs is 1. The largest absolute Gasteiger partial charge is 0.497 e. The van der Waals surface area contributed by atoms with E-state index in [1.807, 2.05) is 24.3 Å². The Kier molecular flexibility index (Phi) is 4.71. The number of carbonyl (C=O) groups excluding carboxylic acids is 2. The first kappa shape index (κ1) is 16.3. The van der Waals surface area contributed by atoms with E-state index < -0.39 is 11.7 Å². The molecule has 2 aromatic carbocycles. The average molecular weight is 346 g/mol. The van der Waals surface area contributed by atoms with Crippen LogP contribution >= 0.6 is 11.6 Å². The molecule has 0 spiro atoms. The topological polar surface area (TPSA) is 55.8 Å². The predicted octanol–water partition coefficient (Wildman–Crippen LogP) is 3.35. The average Bonchev–Trinajstić information content (AvgIpc) is 2.83. The number of anilines is 1. The van der Waals surface area contributed by atoms with Crippen LogP contribution in [0.15, 0.2) is 42.5 Å². The second kappa shape index (κ2) is 6.93. The molecule has 1 heterocycles. The van der Waals surface area contributed by atoms with E-state index in [0.717, 1.165) is 11.5 Å². The van der Waals surface area contributed by atoms with Gasteiger partial charge in [0.05, 0.1) is 25.0 Å². The summed E-state index contributed by atoms with van der Waals surface area (Å²) in [6.07, 6.45) is 0.604. The SMILES string of the molecule is COc1ccc(OCCCN2C(=O)C(=O)c3cc(Cl)ccc32)cc1. The number of benzene rings is 2. The summed E-state index contributed by atoms with van der Waals surface area (Å²) in [5.74, 6) is 0.464. The highest BCUT2D eigenvalue weighted by Gasteiger charge is 2.35. The standard InChI is InChI=1S/C18H16ClNO4/c1-23-13-4-6-14(7-5-13)24-10-2-9-20-16-8-3-12(19)11-15(16)17(21)18(20)22/h3-8,11H,2,9-10H2,1H3. The first-order valence-electron chi connectivity index (χ1n) is 7.53. The molecule has 0 N–H and O–H groups in total. The minimum absolute atomic E-state index is 0.364. The Morgan fingerprint density at radius 1 is 1.04 bits per heavy atom. The van der Waals surface area contributed by atoms with Crippen LogP contribution in [0.1, 0.15) is 16.8 Å². The van der Waals surface area contributed by atoms with Gasteiger partial charge in [0.2, 0.25) is 0 Å². The van der Waals surface area contributed by atoms with Crippen molar-refractivity contribution in [2.24, 2.45) is 0 Å². The van der Waals surface area contributed by atoms with E-state index in [0.29, 0.717) is 35.8 Å². The molecule has 1 amide bonds. The van der Waals surface area contributed by atoms with Gasteiger partial charge < -0.3 is 14.4 Å². The molecule has 6 heteroatoms. The van der Waals surface area contributed by atoms with Gasteiger partial charge in [-0.05, 0) is 48.9 Å². The smallest absolute Gasteiger partial charge is 0.299 e. The van der Waals surface area contributed by atoms with Crippen molar-refractivity contribution < 1.29 is 19.1 Å². The second-order valence-corrected chi connectivity index (χ2v) is 5.76. The van der Waals surface area contributed by atoms with Crippen molar-refractivity contribution in [2.75, 3.05) is 25.2 Å². The molecule has 124 valence electrons. The molecule has 0 aromatic heterocycles. The number of Topliss-reactive ketones (excluding diaryl/α,β-unsaturated/α-hetero) is 1. The van der Waals surface area contributed by atoms with Gasteiger partial charge in [-0.1, -0.05) is 11.6 Å². The molecular formula is C18H16ClNO4. The van der Waals surface area contributed by atoms with Crippen molar-refractivity contribution in [3.63, 3.8) is 0 Å². The van der Waals surface area contributed by atoms with Crippen molar-refractivity contribution in [1.82, 2.24) is 0 Å². The van der Waals surface area contributed by atoms with Crippen LogP contribution in [0.2, 0.25) is 5.02 Å². The lowest BCUT2D eigenvalue weighted by atomic mass is 10.1. The van der Waals surface area contributed by atoms with Gasteiger partial charge in [-0.15, -0.1) is 0 Å². The maximum absolute atomic E-state index is 12.1. The molecule has 0 atom stereocenters. The lowest BCUT2D eigenvalue weighted by molar-refractivity contribution is -0.114. The van der Waals surface area contributed by atoms with Crippen molar-refractivity contribution in [3.05, 3.63) is 53.1 Å². The molecule has 0 unspecified atom stereocenters. The number of hydrogen-bond acceptors (Lipinski definition) is 4. The van der Waals surface area contributed by atoms with E-state index in [1.165, 1.54) is 11.0 Å². The predicted molar refractivity (Wildman–Crippen MR) is 91.2 cm³/mol. The Balaban J connectivity index is 1.57. The molecule has 0 fully saturated rings.